The molecular weight excluding hydrogens is 270 g/mol. The van der Waals surface area contributed by atoms with Crippen molar-refractivity contribution in [3.63, 3.8) is 0 Å². The van der Waals surface area contributed by atoms with Gasteiger partial charge in [-0.3, -0.25) is 4.79 Å². The summed E-state index contributed by atoms with van der Waals surface area (Å²) in [7, 11) is 1.82. The quantitative estimate of drug-likeness (QED) is 0.899. The number of amides is 1. The van der Waals surface area contributed by atoms with Crippen molar-refractivity contribution < 1.29 is 4.79 Å². The van der Waals surface area contributed by atoms with E-state index < -0.39 is 0 Å². The second kappa shape index (κ2) is 6.04. The van der Waals surface area contributed by atoms with Gasteiger partial charge in [0.2, 0.25) is 0 Å². The highest BCUT2D eigenvalue weighted by Gasteiger charge is 2.22. The third-order valence-corrected chi connectivity index (χ3v) is 4.54. The molecule has 0 radical (unpaired) electrons. The van der Waals surface area contributed by atoms with Crippen molar-refractivity contribution in [2.75, 3.05) is 23.9 Å². The molecule has 0 aliphatic carbocycles. The van der Waals surface area contributed by atoms with Gasteiger partial charge in [-0.05, 0) is 24.3 Å². The molecule has 4 nitrogen and oxygen atoms in total. The summed E-state index contributed by atoms with van der Waals surface area (Å²) >= 11 is 1.90. The first-order valence-corrected chi connectivity index (χ1v) is 8.14. The lowest BCUT2D eigenvalue weighted by molar-refractivity contribution is 0.0941. The van der Waals surface area contributed by atoms with Gasteiger partial charge < -0.3 is 10.6 Å². The minimum absolute atomic E-state index is 0.00176. The molecule has 2 heterocycles. The van der Waals surface area contributed by atoms with Gasteiger partial charge in [-0.1, -0.05) is 20.8 Å². The summed E-state index contributed by atoms with van der Waals surface area (Å²) in [5.41, 5.74) is 1.53. The van der Waals surface area contributed by atoms with Gasteiger partial charge in [0.15, 0.2) is 0 Å². The van der Waals surface area contributed by atoms with E-state index >= 15 is 0 Å². The summed E-state index contributed by atoms with van der Waals surface area (Å²) < 4.78 is 0. The standard InChI is InChI=1S/C15H23N3OS/c1-15(2,3)12-7-10(8-13(16-4)18-12)14(19)17-11-5-6-20-9-11/h7-8,11H,5-6,9H2,1-4H3,(H,16,18)(H,17,19). The number of pyridine rings is 1. The van der Waals surface area contributed by atoms with Gasteiger partial charge in [0.05, 0.1) is 0 Å². The normalized spacial score (nSPS) is 18.9. The third kappa shape index (κ3) is 3.66. The van der Waals surface area contributed by atoms with Crippen LogP contribution in [-0.2, 0) is 5.41 Å². The van der Waals surface area contributed by atoms with E-state index in [-0.39, 0.29) is 11.3 Å². The first kappa shape index (κ1) is 15.2. The number of aromatic nitrogens is 1. The number of carbonyl (C=O) groups is 1. The van der Waals surface area contributed by atoms with Crippen molar-refractivity contribution in [2.24, 2.45) is 0 Å². The van der Waals surface area contributed by atoms with Crippen LogP contribution >= 0.6 is 11.8 Å². The molecule has 1 unspecified atom stereocenters. The van der Waals surface area contributed by atoms with Crippen LogP contribution in [0, 0.1) is 0 Å². The molecule has 2 rings (SSSR count). The Morgan fingerprint density at radius 3 is 2.70 bits per heavy atom. The summed E-state index contributed by atoms with van der Waals surface area (Å²) in [6.45, 7) is 6.30. The Balaban J connectivity index is 2.23. The Morgan fingerprint density at radius 2 is 2.15 bits per heavy atom. The lowest BCUT2D eigenvalue weighted by Gasteiger charge is -2.20. The van der Waals surface area contributed by atoms with Crippen LogP contribution in [0.5, 0.6) is 0 Å². The minimum Gasteiger partial charge on any atom is -0.373 e. The highest BCUT2D eigenvalue weighted by molar-refractivity contribution is 7.99. The van der Waals surface area contributed by atoms with Crippen LogP contribution in [0.3, 0.4) is 0 Å². The summed E-state index contributed by atoms with van der Waals surface area (Å²) in [6, 6.07) is 4.02. The monoisotopic (exact) mass is 293 g/mol. The maximum Gasteiger partial charge on any atom is 0.251 e. The van der Waals surface area contributed by atoms with Crippen LogP contribution in [0.2, 0.25) is 0 Å². The average Bonchev–Trinajstić information content (AvgIpc) is 2.90. The molecule has 1 fully saturated rings. The molecule has 2 N–H and O–H groups in total. The zero-order chi connectivity index (χ0) is 14.8. The number of hydrogen-bond acceptors (Lipinski definition) is 4. The number of carbonyl (C=O) groups excluding carboxylic acids is 1. The topological polar surface area (TPSA) is 54.0 Å². The average molecular weight is 293 g/mol. The maximum absolute atomic E-state index is 12.4. The molecule has 1 aliphatic rings. The van der Waals surface area contributed by atoms with Gasteiger partial charge in [-0.25, -0.2) is 4.98 Å². The van der Waals surface area contributed by atoms with Gasteiger partial charge >= 0.3 is 0 Å². The lowest BCUT2D eigenvalue weighted by Crippen LogP contribution is -2.34. The smallest absolute Gasteiger partial charge is 0.251 e. The molecule has 0 saturated carbocycles. The third-order valence-electron chi connectivity index (χ3n) is 3.38. The molecule has 1 aromatic rings. The molecule has 0 bridgehead atoms. The second-order valence-corrected chi connectivity index (χ2v) is 7.31. The molecule has 1 saturated heterocycles. The van der Waals surface area contributed by atoms with Gasteiger partial charge in [-0.2, -0.15) is 11.8 Å². The van der Waals surface area contributed by atoms with Crippen LogP contribution in [0.1, 0.15) is 43.2 Å². The Hall–Kier alpha value is -1.23. The minimum atomic E-state index is -0.0783. The van der Waals surface area contributed by atoms with Crippen LogP contribution < -0.4 is 10.6 Å². The molecular formula is C15H23N3OS. The van der Waals surface area contributed by atoms with Gasteiger partial charge in [0.25, 0.3) is 5.91 Å². The van der Waals surface area contributed by atoms with E-state index in [1.165, 1.54) is 0 Å². The van der Waals surface area contributed by atoms with Crippen LogP contribution in [0.25, 0.3) is 0 Å². The number of thioether (sulfide) groups is 1. The summed E-state index contributed by atoms with van der Waals surface area (Å²) in [5, 5.41) is 6.14. The number of hydrogen-bond donors (Lipinski definition) is 2. The fourth-order valence-electron chi connectivity index (χ4n) is 2.09. The first-order chi connectivity index (χ1) is 9.40. The van der Waals surface area contributed by atoms with E-state index in [9.17, 15) is 4.79 Å². The summed E-state index contributed by atoms with van der Waals surface area (Å²) in [5.74, 6) is 2.89. The van der Waals surface area contributed by atoms with E-state index in [0.29, 0.717) is 11.6 Å². The fourth-order valence-corrected chi connectivity index (χ4v) is 3.24. The van der Waals surface area contributed by atoms with Gasteiger partial charge in [-0.15, -0.1) is 0 Å². The van der Waals surface area contributed by atoms with Gasteiger partial charge in [0, 0.05) is 35.5 Å². The SMILES string of the molecule is CNc1cc(C(=O)NC2CCSC2)cc(C(C)(C)C)n1. The Morgan fingerprint density at radius 1 is 1.40 bits per heavy atom. The maximum atomic E-state index is 12.4. The highest BCUT2D eigenvalue weighted by Crippen LogP contribution is 2.24. The number of anilines is 1. The largest absolute Gasteiger partial charge is 0.373 e. The zero-order valence-electron chi connectivity index (χ0n) is 12.6. The molecule has 1 amide bonds. The van der Waals surface area contributed by atoms with Crippen LogP contribution in [-0.4, -0.2) is 35.5 Å². The molecule has 20 heavy (non-hydrogen) atoms. The molecule has 1 aromatic heterocycles. The highest BCUT2D eigenvalue weighted by atomic mass is 32.2. The van der Waals surface area contributed by atoms with E-state index in [0.717, 1.165) is 29.4 Å². The Bertz CT molecular complexity index is 490. The summed E-state index contributed by atoms with van der Waals surface area (Å²) in [4.78, 5) is 16.9. The predicted octanol–water partition coefficient (Wildman–Crippen LogP) is 2.66. The zero-order valence-corrected chi connectivity index (χ0v) is 13.4. The molecule has 0 spiro atoms. The van der Waals surface area contributed by atoms with Crippen molar-refractivity contribution >= 4 is 23.5 Å². The second-order valence-electron chi connectivity index (χ2n) is 6.16. The molecule has 110 valence electrons. The molecule has 5 heteroatoms. The number of rotatable bonds is 3. The molecule has 1 aliphatic heterocycles. The van der Waals surface area contributed by atoms with E-state index in [1.807, 2.05) is 30.9 Å². The lowest BCUT2D eigenvalue weighted by atomic mass is 9.90. The molecule has 1 atom stereocenters. The van der Waals surface area contributed by atoms with E-state index in [2.05, 4.69) is 36.4 Å². The van der Waals surface area contributed by atoms with Crippen LogP contribution in [0.4, 0.5) is 5.82 Å². The Kier molecular flexibility index (Phi) is 4.58. The molecule has 0 aromatic carbocycles. The van der Waals surface area contributed by atoms with E-state index in [4.69, 9.17) is 0 Å². The van der Waals surface area contributed by atoms with Crippen molar-refractivity contribution in [1.82, 2.24) is 10.3 Å². The van der Waals surface area contributed by atoms with Crippen molar-refractivity contribution in [3.8, 4) is 0 Å². The summed E-state index contributed by atoms with van der Waals surface area (Å²) in [6.07, 6.45) is 1.06. The number of nitrogens with one attached hydrogen (secondary N) is 2. The van der Waals surface area contributed by atoms with Crippen LogP contribution in [0.15, 0.2) is 12.1 Å². The van der Waals surface area contributed by atoms with Crippen molar-refractivity contribution in [1.29, 1.82) is 0 Å². The van der Waals surface area contributed by atoms with Crippen molar-refractivity contribution in [2.45, 2.75) is 38.6 Å². The number of nitrogens with zero attached hydrogens (tertiary/aromatic N) is 1. The fraction of sp³-hybridized carbons (Fsp3) is 0.600. The Labute approximate surface area is 125 Å². The first-order valence-electron chi connectivity index (χ1n) is 6.99. The predicted molar refractivity (Wildman–Crippen MR) is 85.7 cm³/mol. The van der Waals surface area contributed by atoms with Gasteiger partial charge in [0.1, 0.15) is 5.82 Å². The van der Waals surface area contributed by atoms with E-state index in [1.54, 1.807) is 0 Å². The van der Waals surface area contributed by atoms with Crippen molar-refractivity contribution in [3.05, 3.63) is 23.4 Å².